The average Bonchev–Trinajstić information content (AvgIpc) is 3.59. The molecule has 1 saturated carbocycles. The Bertz CT molecular complexity index is 1010. The minimum absolute atomic E-state index is 0.00712. The van der Waals surface area contributed by atoms with Gasteiger partial charge in [-0.2, -0.15) is 0 Å². The average molecular weight is 464 g/mol. The number of anilines is 3. The fraction of sp³-hybridized carbons (Fsp3) is 0.552. The van der Waals surface area contributed by atoms with Gasteiger partial charge in [0.25, 0.3) is 0 Å². The summed E-state index contributed by atoms with van der Waals surface area (Å²) in [6.07, 6.45) is 3.73. The summed E-state index contributed by atoms with van der Waals surface area (Å²) < 4.78 is 5.81. The number of hydrogen-bond donors (Lipinski definition) is 2. The Morgan fingerprint density at radius 2 is 1.79 bits per heavy atom. The standard InChI is InChI=1S/C29H41N3O2/c1-19(2)34-18-29(4,5)31-24-9-7-8-22(15-24)30-23-12-13-25-26(16-23)20(3)14-27(28(25)33)32(6)17-21-10-11-21/h7-9,12-13,15-16,19-21,27,30-31H,10-11,14,17-18H2,1-6H3. The van der Waals surface area contributed by atoms with Gasteiger partial charge in [0, 0.05) is 29.2 Å². The van der Waals surface area contributed by atoms with Crippen LogP contribution in [0.25, 0.3) is 0 Å². The Morgan fingerprint density at radius 1 is 1.09 bits per heavy atom. The number of hydrogen-bond acceptors (Lipinski definition) is 5. The number of fused-ring (bicyclic) bond motifs is 1. The van der Waals surface area contributed by atoms with E-state index in [1.54, 1.807) is 0 Å². The number of carbonyl (C=O) groups is 1. The lowest BCUT2D eigenvalue weighted by Crippen LogP contribution is -2.43. The van der Waals surface area contributed by atoms with Crippen LogP contribution in [0, 0.1) is 5.92 Å². The second-order valence-corrected chi connectivity index (χ2v) is 11.3. The van der Waals surface area contributed by atoms with Crippen molar-refractivity contribution in [1.82, 2.24) is 4.90 Å². The first kappa shape index (κ1) is 24.7. The fourth-order valence-corrected chi connectivity index (χ4v) is 4.88. The molecule has 5 heteroatoms. The van der Waals surface area contributed by atoms with E-state index in [0.29, 0.717) is 12.5 Å². The SMILES string of the molecule is CC(C)OCC(C)(C)Nc1cccc(Nc2ccc3c(c2)C(C)CC(N(C)CC2CC2)C3=O)c1. The summed E-state index contributed by atoms with van der Waals surface area (Å²) >= 11 is 0. The van der Waals surface area contributed by atoms with Crippen molar-refractivity contribution in [3.05, 3.63) is 53.6 Å². The maximum atomic E-state index is 13.3. The van der Waals surface area contributed by atoms with Gasteiger partial charge in [-0.3, -0.25) is 9.69 Å². The van der Waals surface area contributed by atoms with E-state index in [2.05, 4.69) is 87.5 Å². The maximum Gasteiger partial charge on any atom is 0.180 e. The van der Waals surface area contributed by atoms with Gasteiger partial charge in [0.1, 0.15) is 0 Å². The van der Waals surface area contributed by atoms with Gasteiger partial charge in [-0.25, -0.2) is 0 Å². The van der Waals surface area contributed by atoms with E-state index in [4.69, 9.17) is 4.74 Å². The molecule has 2 aliphatic carbocycles. The van der Waals surface area contributed by atoms with Gasteiger partial charge in [0.2, 0.25) is 0 Å². The lowest BCUT2D eigenvalue weighted by atomic mass is 9.79. The molecule has 2 aromatic rings. The molecule has 5 nitrogen and oxygen atoms in total. The first-order chi connectivity index (χ1) is 16.1. The number of benzene rings is 2. The van der Waals surface area contributed by atoms with Gasteiger partial charge in [-0.15, -0.1) is 0 Å². The molecule has 184 valence electrons. The molecule has 2 unspecified atom stereocenters. The Balaban J connectivity index is 1.45. The van der Waals surface area contributed by atoms with Crippen molar-refractivity contribution in [3.8, 4) is 0 Å². The normalized spacial score (nSPS) is 20.5. The van der Waals surface area contributed by atoms with Gasteiger partial charge < -0.3 is 15.4 Å². The molecule has 0 spiro atoms. The highest BCUT2D eigenvalue weighted by molar-refractivity contribution is 6.03. The molecule has 2 aliphatic rings. The summed E-state index contributed by atoms with van der Waals surface area (Å²) in [5.74, 6) is 1.43. The molecule has 0 aliphatic heterocycles. The fourth-order valence-electron chi connectivity index (χ4n) is 4.88. The lowest BCUT2D eigenvalue weighted by Gasteiger charge is -2.34. The molecule has 0 heterocycles. The Labute approximate surface area is 205 Å². The number of ether oxygens (including phenoxy) is 1. The topological polar surface area (TPSA) is 53.6 Å². The predicted molar refractivity (Wildman–Crippen MR) is 141 cm³/mol. The quantitative estimate of drug-likeness (QED) is 0.424. The van der Waals surface area contributed by atoms with Gasteiger partial charge in [-0.05, 0) is 108 Å². The third-order valence-electron chi connectivity index (χ3n) is 6.91. The van der Waals surface area contributed by atoms with Crippen LogP contribution in [-0.2, 0) is 4.74 Å². The molecule has 2 N–H and O–H groups in total. The van der Waals surface area contributed by atoms with Gasteiger partial charge >= 0.3 is 0 Å². The summed E-state index contributed by atoms with van der Waals surface area (Å²) in [6.45, 7) is 12.3. The van der Waals surface area contributed by atoms with Crippen LogP contribution in [-0.4, -0.2) is 48.6 Å². The smallest absolute Gasteiger partial charge is 0.180 e. The summed E-state index contributed by atoms with van der Waals surface area (Å²) in [5.41, 5.74) is 4.95. The molecule has 0 bridgehead atoms. The summed E-state index contributed by atoms with van der Waals surface area (Å²) in [4.78, 5) is 15.6. The Kier molecular flexibility index (Phi) is 7.34. The Hall–Kier alpha value is -2.37. The second kappa shape index (κ2) is 10.1. The maximum absolute atomic E-state index is 13.3. The number of ketones is 1. The minimum atomic E-state index is -0.173. The van der Waals surface area contributed by atoms with Crippen LogP contribution in [0.2, 0.25) is 0 Å². The third kappa shape index (κ3) is 6.19. The van der Waals surface area contributed by atoms with E-state index < -0.39 is 0 Å². The van der Waals surface area contributed by atoms with Crippen LogP contribution in [0.4, 0.5) is 17.1 Å². The molecule has 1 fully saturated rings. The van der Waals surface area contributed by atoms with Gasteiger partial charge in [-0.1, -0.05) is 13.0 Å². The van der Waals surface area contributed by atoms with Crippen molar-refractivity contribution in [3.63, 3.8) is 0 Å². The zero-order chi connectivity index (χ0) is 24.5. The van der Waals surface area contributed by atoms with Gasteiger partial charge in [0.05, 0.1) is 24.3 Å². The molecule has 0 amide bonds. The molecule has 2 aromatic carbocycles. The van der Waals surface area contributed by atoms with E-state index in [1.807, 2.05) is 12.1 Å². The molecule has 0 aromatic heterocycles. The van der Waals surface area contributed by atoms with E-state index in [1.165, 1.54) is 12.8 Å². The van der Waals surface area contributed by atoms with Crippen LogP contribution in [0.1, 0.15) is 75.7 Å². The number of likely N-dealkylation sites (N-methyl/N-ethyl adjacent to an activating group) is 1. The molecule has 0 radical (unpaired) electrons. The van der Waals surface area contributed by atoms with Crippen molar-refractivity contribution in [2.75, 3.05) is 30.8 Å². The van der Waals surface area contributed by atoms with Crippen LogP contribution in [0.5, 0.6) is 0 Å². The van der Waals surface area contributed by atoms with E-state index in [-0.39, 0.29) is 23.5 Å². The molecule has 34 heavy (non-hydrogen) atoms. The number of nitrogens with one attached hydrogen (secondary N) is 2. The summed E-state index contributed by atoms with van der Waals surface area (Å²) in [6, 6.07) is 14.5. The predicted octanol–water partition coefficient (Wildman–Crippen LogP) is 6.45. The van der Waals surface area contributed by atoms with Crippen molar-refractivity contribution in [2.45, 2.75) is 77.5 Å². The highest BCUT2D eigenvalue weighted by Crippen LogP contribution is 2.37. The zero-order valence-corrected chi connectivity index (χ0v) is 21.7. The van der Waals surface area contributed by atoms with E-state index in [9.17, 15) is 4.79 Å². The Morgan fingerprint density at radius 3 is 2.50 bits per heavy atom. The van der Waals surface area contributed by atoms with Crippen molar-refractivity contribution >= 4 is 22.8 Å². The number of rotatable bonds is 10. The second-order valence-electron chi connectivity index (χ2n) is 11.3. The largest absolute Gasteiger partial charge is 0.378 e. The summed E-state index contributed by atoms with van der Waals surface area (Å²) in [7, 11) is 2.12. The van der Waals surface area contributed by atoms with Gasteiger partial charge in [0.15, 0.2) is 5.78 Å². The minimum Gasteiger partial charge on any atom is -0.378 e. The van der Waals surface area contributed by atoms with Crippen LogP contribution >= 0.6 is 0 Å². The molecule has 2 atom stereocenters. The molecular formula is C29H41N3O2. The number of Topliss-reactive ketones (excluding diaryl/α,β-unsaturated/α-hetero) is 1. The van der Waals surface area contributed by atoms with Crippen molar-refractivity contribution in [2.24, 2.45) is 5.92 Å². The highest BCUT2D eigenvalue weighted by Gasteiger charge is 2.36. The zero-order valence-electron chi connectivity index (χ0n) is 21.7. The van der Waals surface area contributed by atoms with Crippen molar-refractivity contribution in [1.29, 1.82) is 0 Å². The molecule has 0 saturated heterocycles. The van der Waals surface area contributed by atoms with E-state index >= 15 is 0 Å². The monoisotopic (exact) mass is 463 g/mol. The lowest BCUT2D eigenvalue weighted by molar-refractivity contribution is 0.0547. The first-order valence-corrected chi connectivity index (χ1v) is 12.8. The van der Waals surface area contributed by atoms with Crippen molar-refractivity contribution < 1.29 is 9.53 Å². The van der Waals surface area contributed by atoms with E-state index in [0.717, 1.165) is 47.1 Å². The summed E-state index contributed by atoms with van der Waals surface area (Å²) in [5, 5.41) is 7.12. The molecule has 4 rings (SSSR count). The van der Waals surface area contributed by atoms with Crippen LogP contribution in [0.15, 0.2) is 42.5 Å². The first-order valence-electron chi connectivity index (χ1n) is 12.8. The number of carbonyl (C=O) groups excluding carboxylic acids is 1. The highest BCUT2D eigenvalue weighted by atomic mass is 16.5. The third-order valence-corrected chi connectivity index (χ3v) is 6.91. The number of nitrogens with zero attached hydrogens (tertiary/aromatic N) is 1. The molecular weight excluding hydrogens is 422 g/mol. The van der Waals surface area contributed by atoms with Crippen LogP contribution < -0.4 is 10.6 Å². The van der Waals surface area contributed by atoms with Crippen LogP contribution in [0.3, 0.4) is 0 Å².